The maximum absolute atomic E-state index is 12.9. The van der Waals surface area contributed by atoms with Gasteiger partial charge in [-0.1, -0.05) is 11.6 Å². The van der Waals surface area contributed by atoms with Crippen molar-refractivity contribution < 1.29 is 19.2 Å². The first-order valence-electron chi connectivity index (χ1n) is 3.31. The second-order valence-electron chi connectivity index (χ2n) is 2.32. The number of nitro groups is 1. The van der Waals surface area contributed by atoms with Crippen molar-refractivity contribution in [1.82, 2.24) is 0 Å². The van der Waals surface area contributed by atoms with Crippen LogP contribution in [-0.2, 0) is 0 Å². The van der Waals surface area contributed by atoms with Gasteiger partial charge in [-0.25, -0.2) is 4.79 Å². The van der Waals surface area contributed by atoms with E-state index in [4.69, 9.17) is 16.7 Å². The van der Waals surface area contributed by atoms with Gasteiger partial charge in [0.1, 0.15) is 0 Å². The van der Waals surface area contributed by atoms with Gasteiger partial charge in [0.2, 0.25) is 5.82 Å². The molecule has 0 atom stereocenters. The number of carbonyl (C=O) groups is 1. The number of nitro benzene ring substituents is 1. The molecule has 0 bridgehead atoms. The fraction of sp³-hybridized carbons (Fsp3) is 0. The van der Waals surface area contributed by atoms with Crippen LogP contribution in [-0.4, -0.2) is 16.0 Å². The summed E-state index contributed by atoms with van der Waals surface area (Å²) in [6, 6.07) is 1.69. The van der Waals surface area contributed by atoms with Gasteiger partial charge in [0, 0.05) is 0 Å². The smallest absolute Gasteiger partial charge is 0.344 e. The van der Waals surface area contributed by atoms with E-state index in [0.717, 1.165) is 12.1 Å². The normalized spacial score (nSPS) is 9.86. The van der Waals surface area contributed by atoms with E-state index < -0.39 is 28.0 Å². The first-order valence-corrected chi connectivity index (χ1v) is 3.68. The number of aromatic carboxylic acids is 1. The summed E-state index contributed by atoms with van der Waals surface area (Å²) in [5.74, 6) is -2.86. The predicted octanol–water partition coefficient (Wildman–Crippen LogP) is 2.09. The van der Waals surface area contributed by atoms with Crippen molar-refractivity contribution in [3.05, 3.63) is 38.7 Å². The summed E-state index contributed by atoms with van der Waals surface area (Å²) in [7, 11) is 0. The maximum atomic E-state index is 12.9. The molecular weight excluding hydrogens is 217 g/mol. The Morgan fingerprint density at radius 3 is 2.50 bits per heavy atom. The largest absolute Gasteiger partial charge is 0.477 e. The highest BCUT2D eigenvalue weighted by atomic mass is 35.5. The van der Waals surface area contributed by atoms with Gasteiger partial charge >= 0.3 is 11.7 Å². The molecule has 0 spiro atoms. The van der Waals surface area contributed by atoms with Crippen molar-refractivity contribution in [1.29, 1.82) is 0 Å². The van der Waals surface area contributed by atoms with Crippen LogP contribution in [0.4, 0.5) is 10.1 Å². The zero-order chi connectivity index (χ0) is 10.9. The molecule has 1 aromatic carbocycles. The summed E-state index contributed by atoms with van der Waals surface area (Å²) in [6.45, 7) is 0. The van der Waals surface area contributed by atoms with Gasteiger partial charge in [0.25, 0.3) is 0 Å². The van der Waals surface area contributed by atoms with Gasteiger partial charge in [-0.15, -0.1) is 0 Å². The molecule has 74 valence electrons. The Hall–Kier alpha value is -1.69. The molecule has 0 heterocycles. The summed E-state index contributed by atoms with van der Waals surface area (Å²) >= 11 is 5.39. The number of rotatable bonds is 2. The highest BCUT2D eigenvalue weighted by Gasteiger charge is 2.27. The number of hydrogen-bond donors (Lipinski definition) is 1. The topological polar surface area (TPSA) is 80.4 Å². The highest BCUT2D eigenvalue weighted by Crippen LogP contribution is 2.28. The second-order valence-corrected chi connectivity index (χ2v) is 2.72. The van der Waals surface area contributed by atoms with Crippen LogP contribution in [0.3, 0.4) is 0 Å². The van der Waals surface area contributed by atoms with Crippen molar-refractivity contribution in [3.8, 4) is 0 Å². The molecule has 14 heavy (non-hydrogen) atoms. The number of carboxylic acids is 1. The maximum Gasteiger partial charge on any atom is 0.344 e. The average Bonchev–Trinajstić information content (AvgIpc) is 2.07. The summed E-state index contributed by atoms with van der Waals surface area (Å²) in [5.41, 5.74) is -1.96. The van der Waals surface area contributed by atoms with E-state index in [2.05, 4.69) is 0 Å². The summed E-state index contributed by atoms with van der Waals surface area (Å²) in [5, 5.41) is 18.5. The Morgan fingerprint density at radius 2 is 2.14 bits per heavy atom. The van der Waals surface area contributed by atoms with Gasteiger partial charge in [-0.05, 0) is 12.1 Å². The van der Waals surface area contributed by atoms with Crippen LogP contribution in [0.25, 0.3) is 0 Å². The molecule has 0 aromatic heterocycles. The van der Waals surface area contributed by atoms with E-state index in [-0.39, 0.29) is 5.02 Å². The van der Waals surface area contributed by atoms with Crippen LogP contribution in [0.2, 0.25) is 5.02 Å². The Kier molecular flexibility index (Phi) is 2.66. The van der Waals surface area contributed by atoms with Crippen LogP contribution < -0.4 is 0 Å². The highest BCUT2D eigenvalue weighted by molar-refractivity contribution is 6.34. The first kappa shape index (κ1) is 10.4. The molecule has 0 unspecified atom stereocenters. The molecule has 1 rings (SSSR count). The molecule has 1 N–H and O–H groups in total. The Labute approximate surface area is 81.9 Å². The molecule has 0 aliphatic carbocycles. The minimum Gasteiger partial charge on any atom is -0.477 e. The monoisotopic (exact) mass is 219 g/mol. The van der Waals surface area contributed by atoms with Crippen molar-refractivity contribution in [2.45, 2.75) is 0 Å². The molecular formula is C7H3ClFNO4. The molecule has 0 fully saturated rings. The van der Waals surface area contributed by atoms with E-state index in [0.29, 0.717) is 0 Å². The number of hydrogen-bond acceptors (Lipinski definition) is 3. The van der Waals surface area contributed by atoms with Crippen molar-refractivity contribution >= 4 is 23.3 Å². The Bertz CT molecular complexity index is 381. The summed E-state index contributed by atoms with van der Waals surface area (Å²) < 4.78 is 12.9. The van der Waals surface area contributed by atoms with E-state index in [1.807, 2.05) is 0 Å². The van der Waals surface area contributed by atoms with Crippen molar-refractivity contribution in [2.75, 3.05) is 0 Å². The second kappa shape index (κ2) is 3.59. The van der Waals surface area contributed by atoms with Gasteiger partial charge in [0.15, 0.2) is 5.56 Å². The lowest BCUT2D eigenvalue weighted by molar-refractivity contribution is -0.387. The molecule has 7 heteroatoms. The summed E-state index contributed by atoms with van der Waals surface area (Å²) in [4.78, 5) is 19.8. The van der Waals surface area contributed by atoms with E-state index >= 15 is 0 Å². The van der Waals surface area contributed by atoms with Crippen LogP contribution in [0.5, 0.6) is 0 Å². The first-order chi connectivity index (χ1) is 6.45. The molecule has 0 saturated carbocycles. The number of benzene rings is 1. The Morgan fingerprint density at radius 1 is 1.57 bits per heavy atom. The zero-order valence-electron chi connectivity index (χ0n) is 6.53. The lowest BCUT2D eigenvalue weighted by Gasteiger charge is -2.00. The van der Waals surface area contributed by atoms with Crippen LogP contribution in [0, 0.1) is 15.9 Å². The predicted molar refractivity (Wildman–Crippen MR) is 45.0 cm³/mol. The quantitative estimate of drug-likeness (QED) is 0.610. The van der Waals surface area contributed by atoms with Crippen LogP contribution >= 0.6 is 11.6 Å². The van der Waals surface area contributed by atoms with Gasteiger partial charge < -0.3 is 5.11 Å². The Balaban J connectivity index is 3.58. The minimum atomic E-state index is -1.64. The average molecular weight is 220 g/mol. The molecule has 5 nitrogen and oxygen atoms in total. The molecule has 0 aliphatic rings. The van der Waals surface area contributed by atoms with E-state index in [9.17, 15) is 19.3 Å². The number of halogens is 2. The third-order valence-electron chi connectivity index (χ3n) is 1.47. The van der Waals surface area contributed by atoms with Crippen molar-refractivity contribution in [3.63, 3.8) is 0 Å². The minimum absolute atomic E-state index is 0.370. The number of carboxylic acid groups (broad SMARTS) is 1. The fourth-order valence-corrected chi connectivity index (χ4v) is 1.16. The van der Waals surface area contributed by atoms with Gasteiger partial charge in [-0.3, -0.25) is 10.1 Å². The van der Waals surface area contributed by atoms with Crippen molar-refractivity contribution in [2.24, 2.45) is 0 Å². The lowest BCUT2D eigenvalue weighted by atomic mass is 10.2. The molecule has 0 radical (unpaired) electrons. The van der Waals surface area contributed by atoms with E-state index in [1.165, 1.54) is 0 Å². The fourth-order valence-electron chi connectivity index (χ4n) is 0.923. The molecule has 0 amide bonds. The summed E-state index contributed by atoms with van der Waals surface area (Å²) in [6.07, 6.45) is 0. The van der Waals surface area contributed by atoms with Crippen LogP contribution in [0.1, 0.15) is 10.4 Å². The molecule has 0 aliphatic heterocycles. The SMILES string of the molecule is O=C(O)c1c(Cl)ccc(F)c1[N+](=O)[O-]. The molecule has 1 aromatic rings. The van der Waals surface area contributed by atoms with Gasteiger partial charge in [0.05, 0.1) is 9.95 Å². The number of nitrogens with zero attached hydrogens (tertiary/aromatic N) is 1. The third-order valence-corrected chi connectivity index (χ3v) is 1.79. The van der Waals surface area contributed by atoms with Crippen LogP contribution in [0.15, 0.2) is 12.1 Å². The zero-order valence-corrected chi connectivity index (χ0v) is 7.29. The van der Waals surface area contributed by atoms with E-state index in [1.54, 1.807) is 0 Å². The standard InChI is InChI=1S/C7H3ClFNO4/c8-3-1-2-4(9)6(10(13)14)5(3)7(11)12/h1-2H,(H,11,12). The van der Waals surface area contributed by atoms with Gasteiger partial charge in [-0.2, -0.15) is 4.39 Å². The lowest BCUT2D eigenvalue weighted by Crippen LogP contribution is -2.05. The molecule has 0 saturated heterocycles. The third kappa shape index (κ3) is 1.64.